The van der Waals surface area contributed by atoms with Crippen LogP contribution in [0.4, 0.5) is 10.2 Å². The summed E-state index contributed by atoms with van der Waals surface area (Å²) >= 11 is 0. The zero-order valence-electron chi connectivity index (χ0n) is 22.8. The highest BCUT2D eigenvalue weighted by molar-refractivity contribution is 6.03. The lowest BCUT2D eigenvalue weighted by atomic mass is 9.92. The van der Waals surface area contributed by atoms with Gasteiger partial charge in [-0.15, -0.1) is 0 Å². The van der Waals surface area contributed by atoms with Crippen LogP contribution in [0, 0.1) is 17.8 Å². The van der Waals surface area contributed by atoms with E-state index in [-0.39, 0.29) is 24.4 Å². The molecule has 208 valence electrons. The molecular formula is C32H31FN6O2. The second kappa shape index (κ2) is 11.1. The third-order valence-corrected chi connectivity index (χ3v) is 7.89. The first-order valence-corrected chi connectivity index (χ1v) is 13.7. The molecule has 2 saturated heterocycles. The molecule has 9 heteroatoms. The normalized spacial score (nSPS) is 19.3. The molecule has 0 unspecified atom stereocenters. The Balaban J connectivity index is 1.23. The van der Waals surface area contributed by atoms with Crippen LogP contribution in [0.5, 0.6) is 11.5 Å². The van der Waals surface area contributed by atoms with Crippen molar-refractivity contribution in [3.05, 3.63) is 79.3 Å². The number of nitrogens with two attached hydrogens (primary N) is 1. The van der Waals surface area contributed by atoms with Crippen LogP contribution in [0.1, 0.15) is 12.1 Å². The number of carbonyl (C=O) groups excluding carboxylic acids is 1. The van der Waals surface area contributed by atoms with Crippen LogP contribution in [0.15, 0.2) is 73.6 Å². The van der Waals surface area contributed by atoms with Crippen molar-refractivity contribution in [2.24, 2.45) is 13.0 Å². The molecule has 6 rings (SSSR count). The van der Waals surface area contributed by atoms with Gasteiger partial charge in [0.15, 0.2) is 0 Å². The third-order valence-electron chi connectivity index (χ3n) is 7.89. The molecule has 0 spiro atoms. The molecule has 0 saturated carbocycles. The van der Waals surface area contributed by atoms with E-state index in [4.69, 9.17) is 10.5 Å². The number of alkyl halides is 1. The van der Waals surface area contributed by atoms with E-state index in [1.54, 1.807) is 0 Å². The van der Waals surface area contributed by atoms with Gasteiger partial charge < -0.3 is 19.9 Å². The number of likely N-dealkylation sites (tertiary alicyclic amines) is 2. The third kappa shape index (κ3) is 5.14. The minimum Gasteiger partial charge on any atom is -0.457 e. The molecule has 4 heterocycles. The van der Waals surface area contributed by atoms with Crippen molar-refractivity contribution in [1.82, 2.24) is 24.3 Å². The van der Waals surface area contributed by atoms with Gasteiger partial charge >= 0.3 is 0 Å². The average molecular weight is 551 g/mol. The summed E-state index contributed by atoms with van der Waals surface area (Å²) in [6, 6.07) is 17.2. The molecule has 8 nitrogen and oxygen atoms in total. The predicted octanol–water partition coefficient (Wildman–Crippen LogP) is 4.42. The van der Waals surface area contributed by atoms with Crippen molar-refractivity contribution in [3.63, 3.8) is 0 Å². The van der Waals surface area contributed by atoms with Crippen molar-refractivity contribution in [2.45, 2.75) is 18.6 Å². The van der Waals surface area contributed by atoms with E-state index in [0.717, 1.165) is 33.7 Å². The zero-order chi connectivity index (χ0) is 28.5. The van der Waals surface area contributed by atoms with Crippen LogP contribution in [0.3, 0.4) is 0 Å². The van der Waals surface area contributed by atoms with Crippen molar-refractivity contribution >= 4 is 22.8 Å². The highest BCUT2D eigenvalue weighted by Gasteiger charge is 2.39. The Labute approximate surface area is 238 Å². The minimum absolute atomic E-state index is 0.110. The summed E-state index contributed by atoms with van der Waals surface area (Å²) in [7, 11) is 1.92. The number of ether oxygens (including phenoxy) is 1. The Morgan fingerprint density at radius 3 is 2.54 bits per heavy atom. The van der Waals surface area contributed by atoms with Crippen LogP contribution in [0.25, 0.3) is 22.2 Å². The number of carbonyl (C=O) groups is 1. The molecule has 2 aromatic carbocycles. The largest absolute Gasteiger partial charge is 0.457 e. The summed E-state index contributed by atoms with van der Waals surface area (Å²) in [6.07, 6.45) is 2.23. The van der Waals surface area contributed by atoms with E-state index < -0.39 is 6.17 Å². The number of para-hydroxylation sites is 1. The zero-order valence-corrected chi connectivity index (χ0v) is 22.8. The van der Waals surface area contributed by atoms with Gasteiger partial charge in [0.05, 0.1) is 11.9 Å². The van der Waals surface area contributed by atoms with Crippen molar-refractivity contribution in [1.29, 1.82) is 0 Å². The van der Waals surface area contributed by atoms with Crippen LogP contribution in [0.2, 0.25) is 0 Å². The van der Waals surface area contributed by atoms with E-state index in [2.05, 4.69) is 33.3 Å². The summed E-state index contributed by atoms with van der Waals surface area (Å²) in [5.41, 5.74) is 9.65. The average Bonchev–Trinajstić information content (AvgIpc) is 3.25. The number of amides is 1. The molecule has 2 aromatic heterocycles. The van der Waals surface area contributed by atoms with Gasteiger partial charge in [-0.1, -0.05) is 42.8 Å². The van der Waals surface area contributed by atoms with Gasteiger partial charge in [0, 0.05) is 44.2 Å². The Morgan fingerprint density at radius 1 is 1.10 bits per heavy atom. The van der Waals surface area contributed by atoms with Gasteiger partial charge in [-0.3, -0.25) is 9.69 Å². The Bertz CT molecular complexity index is 1650. The first-order valence-electron chi connectivity index (χ1n) is 13.7. The lowest BCUT2D eigenvalue weighted by molar-refractivity contribution is -0.130. The molecule has 2 fully saturated rings. The topological polar surface area (TPSA) is 89.5 Å². The summed E-state index contributed by atoms with van der Waals surface area (Å²) < 4.78 is 22.8. The summed E-state index contributed by atoms with van der Waals surface area (Å²) in [5.74, 6) is 8.57. The number of hydrogen-bond donors (Lipinski definition) is 1. The number of rotatable bonds is 5. The molecule has 4 aromatic rings. The highest BCUT2D eigenvalue weighted by atomic mass is 19.1. The van der Waals surface area contributed by atoms with Crippen LogP contribution < -0.4 is 10.5 Å². The molecule has 0 radical (unpaired) electrons. The maximum absolute atomic E-state index is 14.9. The molecule has 0 bridgehead atoms. The lowest BCUT2D eigenvalue weighted by Gasteiger charge is -2.46. The summed E-state index contributed by atoms with van der Waals surface area (Å²) in [4.78, 5) is 24.3. The predicted molar refractivity (Wildman–Crippen MR) is 157 cm³/mol. The number of fused-ring (bicyclic) bond motifs is 1. The van der Waals surface area contributed by atoms with Gasteiger partial charge in [-0.25, -0.2) is 14.4 Å². The fourth-order valence-electron chi connectivity index (χ4n) is 5.70. The van der Waals surface area contributed by atoms with Crippen LogP contribution in [-0.2, 0) is 11.8 Å². The number of hydrogen-bond acceptors (Lipinski definition) is 6. The second-order valence-corrected chi connectivity index (χ2v) is 10.5. The Morgan fingerprint density at radius 2 is 1.83 bits per heavy atom. The van der Waals surface area contributed by atoms with E-state index in [1.807, 2.05) is 66.2 Å². The molecular weight excluding hydrogens is 519 g/mol. The smallest absolute Gasteiger partial charge is 0.246 e. The summed E-state index contributed by atoms with van der Waals surface area (Å²) in [5, 5.41) is 0.757. The number of aryl methyl sites for hydroxylation is 1. The maximum atomic E-state index is 14.9. The lowest BCUT2D eigenvalue weighted by Crippen LogP contribution is -2.60. The highest BCUT2D eigenvalue weighted by Crippen LogP contribution is 2.37. The van der Waals surface area contributed by atoms with Crippen molar-refractivity contribution in [2.75, 3.05) is 31.9 Å². The quantitative estimate of drug-likeness (QED) is 0.292. The number of nitrogen functional groups attached to an aromatic ring is 1. The van der Waals surface area contributed by atoms with Gasteiger partial charge in [0.1, 0.15) is 41.2 Å². The van der Waals surface area contributed by atoms with Gasteiger partial charge in [-0.2, -0.15) is 0 Å². The van der Waals surface area contributed by atoms with Crippen molar-refractivity contribution < 1.29 is 13.9 Å². The number of nitrogens with zero attached hydrogens (tertiary/aromatic N) is 5. The van der Waals surface area contributed by atoms with Crippen LogP contribution >= 0.6 is 0 Å². The Kier molecular flexibility index (Phi) is 7.16. The van der Waals surface area contributed by atoms with E-state index in [0.29, 0.717) is 37.5 Å². The second-order valence-electron chi connectivity index (χ2n) is 10.5. The molecule has 0 aliphatic carbocycles. The number of halogens is 1. The number of aromatic nitrogens is 3. The number of benzene rings is 2. The molecule has 2 atom stereocenters. The summed E-state index contributed by atoms with van der Waals surface area (Å²) in [6.45, 7) is 5.55. The molecule has 1 amide bonds. The molecule has 2 aliphatic rings. The van der Waals surface area contributed by atoms with Gasteiger partial charge in [0.25, 0.3) is 0 Å². The molecule has 41 heavy (non-hydrogen) atoms. The SMILES string of the molecule is C=CC(=O)N1CC[C@H](N2CC(C#Cc3c(-c4ccc(Oc5ccccc5)cc4)c4c(N)ncnc4n3C)C2)[C@H](F)C1. The van der Waals surface area contributed by atoms with E-state index in [9.17, 15) is 9.18 Å². The number of anilines is 1. The maximum Gasteiger partial charge on any atom is 0.246 e. The fraction of sp³-hybridized carbons (Fsp3) is 0.281. The van der Waals surface area contributed by atoms with Gasteiger partial charge in [0.2, 0.25) is 5.91 Å². The van der Waals surface area contributed by atoms with E-state index >= 15 is 0 Å². The Hall–Kier alpha value is -4.68. The molecule has 2 aliphatic heterocycles. The number of piperidine rings is 1. The van der Waals surface area contributed by atoms with Gasteiger partial charge in [-0.05, 0) is 48.2 Å². The molecule has 2 N–H and O–H groups in total. The van der Waals surface area contributed by atoms with Crippen molar-refractivity contribution in [3.8, 4) is 34.5 Å². The van der Waals surface area contributed by atoms with Crippen LogP contribution in [-0.4, -0.2) is 68.6 Å². The fourth-order valence-corrected chi connectivity index (χ4v) is 5.70. The standard InChI is InChI=1S/C32H31FN6O2/c1-3-28(40)38-16-15-26(25(33)19-38)39-17-21(18-39)9-14-27-29(30-31(34)35-20-36-32(30)37(27)2)22-10-12-24(13-11-22)41-23-7-5-4-6-8-23/h3-8,10-13,20-21,25-26H,1,15-19H2,2H3,(H2,34,35,36)/t25-,26+/m1/s1. The first kappa shape index (κ1) is 26.5. The monoisotopic (exact) mass is 550 g/mol. The first-order chi connectivity index (χ1) is 19.9. The minimum atomic E-state index is -1.08. The van der Waals surface area contributed by atoms with E-state index in [1.165, 1.54) is 17.3 Å².